The molecule has 1 N–H and O–H groups in total. The van der Waals surface area contributed by atoms with E-state index in [4.69, 9.17) is 4.42 Å². The normalized spacial score (nSPS) is 26.8. The first-order chi connectivity index (χ1) is 9.09. The van der Waals surface area contributed by atoms with Gasteiger partial charge in [0.25, 0.3) is 0 Å². The maximum Gasteiger partial charge on any atom is 0.434 e. The Hall–Kier alpha value is -1.10. The molecule has 1 saturated carbocycles. The van der Waals surface area contributed by atoms with Crippen LogP contribution in [-0.2, 0) is 0 Å². The van der Waals surface area contributed by atoms with E-state index in [2.05, 4.69) is 28.9 Å². The molecule has 106 valence electrons. The van der Waals surface area contributed by atoms with E-state index < -0.39 is 5.76 Å². The second-order valence-corrected chi connectivity index (χ2v) is 6.54. The fraction of sp³-hybridized carbons (Fsp3) is 0.857. The van der Waals surface area contributed by atoms with Crippen molar-refractivity contribution in [2.75, 3.05) is 19.6 Å². The monoisotopic (exact) mass is 265 g/mol. The molecule has 1 aromatic rings. The lowest BCUT2D eigenvalue weighted by atomic mass is 9.90. The summed E-state index contributed by atoms with van der Waals surface area (Å²) in [5.41, 5.74) is 0.550. The molecule has 1 aliphatic heterocycles. The van der Waals surface area contributed by atoms with Crippen molar-refractivity contribution in [3.63, 3.8) is 0 Å². The Morgan fingerprint density at radius 1 is 1.53 bits per heavy atom. The predicted molar refractivity (Wildman–Crippen MR) is 72.0 cm³/mol. The third-order valence-corrected chi connectivity index (χ3v) is 4.96. The number of hydrogen-bond donors (Lipinski definition) is 1. The van der Waals surface area contributed by atoms with E-state index in [1.54, 1.807) is 0 Å². The van der Waals surface area contributed by atoms with E-state index in [0.29, 0.717) is 11.3 Å². The van der Waals surface area contributed by atoms with Crippen LogP contribution < -0.4 is 5.76 Å². The summed E-state index contributed by atoms with van der Waals surface area (Å²) in [4.78, 5) is 13.6. The van der Waals surface area contributed by atoms with Gasteiger partial charge in [-0.2, -0.15) is 0 Å². The summed E-state index contributed by atoms with van der Waals surface area (Å²) in [5.74, 6) is 1.18. The Balaban J connectivity index is 1.64. The molecular formula is C14H23N3O2. The van der Waals surface area contributed by atoms with Gasteiger partial charge < -0.3 is 9.32 Å². The minimum atomic E-state index is -0.437. The fourth-order valence-corrected chi connectivity index (χ4v) is 3.34. The molecule has 2 aliphatic rings. The third kappa shape index (κ3) is 2.61. The molecule has 0 spiro atoms. The molecule has 19 heavy (non-hydrogen) atoms. The van der Waals surface area contributed by atoms with Crippen molar-refractivity contribution in [2.24, 2.45) is 11.3 Å². The van der Waals surface area contributed by atoms with Gasteiger partial charge in [0, 0.05) is 13.1 Å². The first-order valence-electron chi connectivity index (χ1n) is 7.37. The Bertz CT molecular complexity index is 487. The minimum absolute atomic E-state index is 0.274. The van der Waals surface area contributed by atoms with Crippen LogP contribution >= 0.6 is 0 Å². The zero-order valence-electron chi connectivity index (χ0n) is 11.8. The van der Waals surface area contributed by atoms with Gasteiger partial charge in [0.15, 0.2) is 0 Å². The first kappa shape index (κ1) is 12.9. The number of aromatic amines is 1. The van der Waals surface area contributed by atoms with Gasteiger partial charge in [-0.05, 0) is 43.6 Å². The lowest BCUT2D eigenvalue weighted by Gasteiger charge is -2.35. The van der Waals surface area contributed by atoms with Crippen molar-refractivity contribution in [1.29, 1.82) is 0 Å². The zero-order valence-corrected chi connectivity index (χ0v) is 11.8. The van der Waals surface area contributed by atoms with Crippen molar-refractivity contribution in [2.45, 2.75) is 45.4 Å². The molecule has 1 aliphatic carbocycles. The minimum Gasteiger partial charge on any atom is -0.392 e. The van der Waals surface area contributed by atoms with Crippen LogP contribution in [0.1, 0.15) is 51.3 Å². The molecule has 3 rings (SSSR count). The summed E-state index contributed by atoms with van der Waals surface area (Å²) >= 11 is 0. The third-order valence-electron chi connectivity index (χ3n) is 4.96. The van der Waals surface area contributed by atoms with Crippen molar-refractivity contribution >= 4 is 0 Å². The van der Waals surface area contributed by atoms with Crippen molar-refractivity contribution in [3.8, 4) is 0 Å². The van der Waals surface area contributed by atoms with Crippen LogP contribution in [0.25, 0.3) is 0 Å². The second-order valence-electron chi connectivity index (χ2n) is 6.54. The summed E-state index contributed by atoms with van der Waals surface area (Å²) < 4.78 is 5.12. The number of H-pyrrole nitrogens is 1. The van der Waals surface area contributed by atoms with Crippen LogP contribution in [0.15, 0.2) is 9.21 Å². The molecule has 1 aromatic heterocycles. The molecule has 5 nitrogen and oxygen atoms in total. The molecule has 2 heterocycles. The lowest BCUT2D eigenvalue weighted by Crippen LogP contribution is -2.39. The number of likely N-dealkylation sites (tertiary alicyclic amines) is 1. The number of nitrogens with one attached hydrogen (secondary N) is 1. The molecule has 5 heteroatoms. The number of aromatic nitrogens is 2. The van der Waals surface area contributed by atoms with Gasteiger partial charge in [-0.3, -0.25) is 0 Å². The standard InChI is InChI=1S/C14H23N3O2/c1-10(2)14(5-6-14)9-17-7-3-4-11(8-17)12-15-16-13(18)19-12/h10-11H,3-9H2,1-2H3,(H,16,18). The first-order valence-corrected chi connectivity index (χ1v) is 7.37. The van der Waals surface area contributed by atoms with Crippen LogP contribution in [0.3, 0.4) is 0 Å². The maximum absolute atomic E-state index is 11.0. The van der Waals surface area contributed by atoms with Crippen molar-refractivity contribution < 1.29 is 4.42 Å². The van der Waals surface area contributed by atoms with Crippen LogP contribution in [-0.4, -0.2) is 34.7 Å². The highest BCUT2D eigenvalue weighted by atomic mass is 16.4. The van der Waals surface area contributed by atoms with Crippen LogP contribution in [0.5, 0.6) is 0 Å². The van der Waals surface area contributed by atoms with E-state index >= 15 is 0 Å². The SMILES string of the molecule is CC(C)C1(CN2CCCC(c3n[nH]c(=O)o3)C2)CC1. The smallest absolute Gasteiger partial charge is 0.392 e. The fourth-order valence-electron chi connectivity index (χ4n) is 3.34. The van der Waals surface area contributed by atoms with Crippen LogP contribution in [0.2, 0.25) is 0 Å². The van der Waals surface area contributed by atoms with E-state index in [0.717, 1.165) is 25.3 Å². The predicted octanol–water partition coefficient (Wildman–Crippen LogP) is 1.98. The Morgan fingerprint density at radius 2 is 2.32 bits per heavy atom. The number of hydrogen-bond acceptors (Lipinski definition) is 4. The van der Waals surface area contributed by atoms with Gasteiger partial charge in [-0.15, -0.1) is 5.10 Å². The summed E-state index contributed by atoms with van der Waals surface area (Å²) in [6.45, 7) is 8.00. The molecule has 0 aromatic carbocycles. The molecule has 0 amide bonds. The summed E-state index contributed by atoms with van der Waals surface area (Å²) in [6.07, 6.45) is 4.96. The summed E-state index contributed by atoms with van der Waals surface area (Å²) in [5, 5.41) is 6.36. The van der Waals surface area contributed by atoms with Gasteiger partial charge in [0.1, 0.15) is 0 Å². The largest absolute Gasteiger partial charge is 0.434 e. The van der Waals surface area contributed by atoms with Gasteiger partial charge in [-0.1, -0.05) is 13.8 Å². The van der Waals surface area contributed by atoms with E-state index in [9.17, 15) is 4.79 Å². The average molecular weight is 265 g/mol. The molecule has 0 bridgehead atoms. The number of rotatable bonds is 4. The van der Waals surface area contributed by atoms with Gasteiger partial charge in [-0.25, -0.2) is 9.89 Å². The lowest BCUT2D eigenvalue weighted by molar-refractivity contribution is 0.140. The molecular weight excluding hydrogens is 242 g/mol. The van der Waals surface area contributed by atoms with E-state index in [1.165, 1.54) is 25.9 Å². The van der Waals surface area contributed by atoms with Crippen LogP contribution in [0, 0.1) is 11.3 Å². The molecule has 2 fully saturated rings. The Kier molecular flexibility index (Phi) is 3.25. The molecule has 0 radical (unpaired) electrons. The molecule has 1 atom stereocenters. The highest BCUT2D eigenvalue weighted by molar-refractivity contribution is 5.00. The van der Waals surface area contributed by atoms with Crippen molar-refractivity contribution in [3.05, 3.63) is 16.4 Å². The highest BCUT2D eigenvalue weighted by Gasteiger charge is 2.46. The van der Waals surface area contributed by atoms with Gasteiger partial charge in [0.2, 0.25) is 5.89 Å². The Labute approximate surface area is 113 Å². The summed E-state index contributed by atoms with van der Waals surface area (Å²) in [6, 6.07) is 0. The number of piperidine rings is 1. The molecule has 1 saturated heterocycles. The second kappa shape index (κ2) is 4.78. The van der Waals surface area contributed by atoms with Gasteiger partial charge >= 0.3 is 5.76 Å². The molecule has 1 unspecified atom stereocenters. The highest BCUT2D eigenvalue weighted by Crippen LogP contribution is 2.52. The quantitative estimate of drug-likeness (QED) is 0.904. The zero-order chi connectivity index (χ0) is 13.5. The van der Waals surface area contributed by atoms with Gasteiger partial charge in [0.05, 0.1) is 5.92 Å². The van der Waals surface area contributed by atoms with Crippen molar-refractivity contribution in [1.82, 2.24) is 15.1 Å². The van der Waals surface area contributed by atoms with E-state index in [-0.39, 0.29) is 5.92 Å². The maximum atomic E-state index is 11.0. The summed E-state index contributed by atoms with van der Waals surface area (Å²) in [7, 11) is 0. The average Bonchev–Trinajstić information content (AvgIpc) is 3.04. The Morgan fingerprint density at radius 3 is 2.89 bits per heavy atom. The number of nitrogens with zero attached hydrogens (tertiary/aromatic N) is 2. The van der Waals surface area contributed by atoms with E-state index in [1.807, 2.05) is 0 Å². The van der Waals surface area contributed by atoms with Crippen LogP contribution in [0.4, 0.5) is 0 Å². The topological polar surface area (TPSA) is 62.1 Å².